The number of sulfonamides is 1. The molecule has 1 saturated heterocycles. The fourth-order valence-corrected chi connectivity index (χ4v) is 5.68. The lowest BCUT2D eigenvalue weighted by atomic mass is 10.3. The molecule has 31 heavy (non-hydrogen) atoms. The molecule has 2 aromatic rings. The number of nitrogens with zero attached hydrogens (tertiary/aromatic N) is 6. The van der Waals surface area contributed by atoms with Crippen LogP contribution in [0.3, 0.4) is 0 Å². The molecule has 0 spiro atoms. The van der Waals surface area contributed by atoms with E-state index in [4.69, 9.17) is 9.47 Å². The van der Waals surface area contributed by atoms with Crippen LogP contribution in [-0.4, -0.2) is 88.9 Å². The van der Waals surface area contributed by atoms with Crippen LogP contribution in [-0.2, 0) is 14.8 Å². The van der Waals surface area contributed by atoms with E-state index in [2.05, 4.69) is 15.5 Å². The first-order valence-corrected chi connectivity index (χ1v) is 12.4. The molecule has 4 rings (SSSR count). The molecule has 0 bridgehead atoms. The SMILES string of the molecule is CC(C)n1nnnc1SCC(=O)N1CCN(S(=O)(=O)c2ccc3c(c2)OCCO3)CC1. The Balaban J connectivity index is 1.34. The molecule has 1 aromatic carbocycles. The molecule has 3 heterocycles. The summed E-state index contributed by atoms with van der Waals surface area (Å²) >= 11 is 1.28. The molecule has 1 fully saturated rings. The van der Waals surface area contributed by atoms with Crippen molar-refractivity contribution in [2.75, 3.05) is 45.1 Å². The molecule has 0 N–H and O–H groups in total. The van der Waals surface area contributed by atoms with Crippen LogP contribution >= 0.6 is 11.8 Å². The van der Waals surface area contributed by atoms with Crippen LogP contribution in [0.5, 0.6) is 11.5 Å². The predicted molar refractivity (Wildman–Crippen MR) is 112 cm³/mol. The van der Waals surface area contributed by atoms with E-state index < -0.39 is 10.0 Å². The Morgan fingerprint density at radius 1 is 1.13 bits per heavy atom. The smallest absolute Gasteiger partial charge is 0.243 e. The van der Waals surface area contributed by atoms with Gasteiger partial charge in [-0.25, -0.2) is 13.1 Å². The Morgan fingerprint density at radius 3 is 2.55 bits per heavy atom. The molecule has 1 aromatic heterocycles. The van der Waals surface area contributed by atoms with Gasteiger partial charge in [-0.3, -0.25) is 4.79 Å². The fourth-order valence-electron chi connectivity index (χ4n) is 3.33. The summed E-state index contributed by atoms with van der Waals surface area (Å²) in [7, 11) is -3.68. The van der Waals surface area contributed by atoms with Gasteiger partial charge < -0.3 is 14.4 Å². The van der Waals surface area contributed by atoms with Crippen molar-refractivity contribution in [3.8, 4) is 11.5 Å². The summed E-state index contributed by atoms with van der Waals surface area (Å²) in [4.78, 5) is 14.4. The standard InChI is InChI=1S/C18H24N6O5S2/c1-13(2)24-18(19-20-21-24)30-12-17(25)22-5-7-23(8-6-22)31(26,27)14-3-4-15-16(11-14)29-10-9-28-15/h3-4,11,13H,5-10,12H2,1-2H3. The van der Waals surface area contributed by atoms with Crippen molar-refractivity contribution < 1.29 is 22.7 Å². The van der Waals surface area contributed by atoms with Crippen LogP contribution in [0.2, 0.25) is 0 Å². The Hall–Kier alpha value is -2.38. The van der Waals surface area contributed by atoms with Gasteiger partial charge in [0.15, 0.2) is 11.5 Å². The number of tetrazole rings is 1. The number of carbonyl (C=O) groups excluding carboxylic acids is 1. The number of amides is 1. The highest BCUT2D eigenvalue weighted by molar-refractivity contribution is 7.99. The van der Waals surface area contributed by atoms with Gasteiger partial charge in [0.25, 0.3) is 0 Å². The third-order valence-electron chi connectivity index (χ3n) is 5.02. The van der Waals surface area contributed by atoms with Crippen LogP contribution in [0, 0.1) is 0 Å². The topological polar surface area (TPSA) is 120 Å². The zero-order valence-corrected chi connectivity index (χ0v) is 18.9. The second kappa shape index (κ2) is 9.01. The maximum Gasteiger partial charge on any atom is 0.243 e. The highest BCUT2D eigenvalue weighted by Gasteiger charge is 2.31. The molecule has 2 aliphatic rings. The normalized spacial score (nSPS) is 17.2. The molecule has 0 unspecified atom stereocenters. The molecule has 0 radical (unpaired) electrons. The number of hydrogen-bond donors (Lipinski definition) is 0. The first kappa shape index (κ1) is 21.8. The van der Waals surface area contributed by atoms with Gasteiger partial charge in [0.1, 0.15) is 13.2 Å². The number of thioether (sulfide) groups is 1. The van der Waals surface area contributed by atoms with Gasteiger partial charge >= 0.3 is 0 Å². The van der Waals surface area contributed by atoms with Crippen molar-refractivity contribution >= 4 is 27.7 Å². The molecule has 0 atom stereocenters. The quantitative estimate of drug-likeness (QED) is 0.563. The number of piperazine rings is 1. The Bertz CT molecular complexity index is 1050. The molecule has 168 valence electrons. The largest absolute Gasteiger partial charge is 0.486 e. The molecule has 11 nitrogen and oxygen atoms in total. The molecule has 2 aliphatic heterocycles. The van der Waals surface area contributed by atoms with Gasteiger partial charge in [0.05, 0.1) is 16.7 Å². The van der Waals surface area contributed by atoms with E-state index >= 15 is 0 Å². The van der Waals surface area contributed by atoms with E-state index in [-0.39, 0.29) is 35.7 Å². The lowest BCUT2D eigenvalue weighted by molar-refractivity contribution is -0.129. The third kappa shape index (κ3) is 4.62. The summed E-state index contributed by atoms with van der Waals surface area (Å²) in [5, 5.41) is 12.1. The van der Waals surface area contributed by atoms with E-state index in [0.29, 0.717) is 43.0 Å². The second-order valence-electron chi connectivity index (χ2n) is 7.38. The van der Waals surface area contributed by atoms with Crippen molar-refractivity contribution in [3.63, 3.8) is 0 Å². The van der Waals surface area contributed by atoms with Gasteiger partial charge in [-0.05, 0) is 36.4 Å². The summed E-state index contributed by atoms with van der Waals surface area (Å²) in [5.41, 5.74) is 0. The molecule has 13 heteroatoms. The predicted octanol–water partition coefficient (Wildman–Crippen LogP) is 0.650. The number of carbonyl (C=O) groups is 1. The van der Waals surface area contributed by atoms with E-state index in [1.165, 1.54) is 28.2 Å². The van der Waals surface area contributed by atoms with E-state index in [1.807, 2.05) is 13.8 Å². The second-order valence-corrected chi connectivity index (χ2v) is 10.3. The number of hydrogen-bond acceptors (Lipinski definition) is 9. The fraction of sp³-hybridized carbons (Fsp3) is 0.556. The van der Waals surface area contributed by atoms with Crippen LogP contribution in [0.1, 0.15) is 19.9 Å². The van der Waals surface area contributed by atoms with Gasteiger partial charge in [0, 0.05) is 32.2 Å². The van der Waals surface area contributed by atoms with Crippen molar-refractivity contribution in [3.05, 3.63) is 18.2 Å². The summed E-state index contributed by atoms with van der Waals surface area (Å²) < 4.78 is 40.1. The van der Waals surface area contributed by atoms with Gasteiger partial charge in [-0.1, -0.05) is 11.8 Å². The molecule has 0 saturated carbocycles. The summed E-state index contributed by atoms with van der Waals surface area (Å²) in [6, 6.07) is 4.73. The third-order valence-corrected chi connectivity index (χ3v) is 7.83. The summed E-state index contributed by atoms with van der Waals surface area (Å²) in [6.07, 6.45) is 0. The minimum atomic E-state index is -3.68. The first-order chi connectivity index (χ1) is 14.9. The van der Waals surface area contributed by atoms with Crippen molar-refractivity contribution in [2.45, 2.75) is 29.9 Å². The highest BCUT2D eigenvalue weighted by atomic mass is 32.2. The monoisotopic (exact) mass is 468 g/mol. The van der Waals surface area contributed by atoms with E-state index in [9.17, 15) is 13.2 Å². The molecule has 0 aliphatic carbocycles. The number of benzene rings is 1. The van der Waals surface area contributed by atoms with Crippen molar-refractivity contribution in [2.24, 2.45) is 0 Å². The number of fused-ring (bicyclic) bond motifs is 1. The summed E-state index contributed by atoms with van der Waals surface area (Å²) in [6.45, 7) is 5.89. The lowest BCUT2D eigenvalue weighted by Gasteiger charge is -2.34. The lowest BCUT2D eigenvalue weighted by Crippen LogP contribution is -2.51. The summed E-state index contributed by atoms with van der Waals surface area (Å²) in [5.74, 6) is 1.10. The highest BCUT2D eigenvalue weighted by Crippen LogP contribution is 2.33. The zero-order valence-electron chi connectivity index (χ0n) is 17.3. The molecular formula is C18H24N6O5S2. The number of ether oxygens (including phenoxy) is 2. The Kier molecular flexibility index (Phi) is 6.34. The van der Waals surface area contributed by atoms with E-state index in [1.54, 1.807) is 15.6 Å². The minimum Gasteiger partial charge on any atom is -0.486 e. The van der Waals surface area contributed by atoms with Crippen LogP contribution in [0.25, 0.3) is 0 Å². The molecule has 1 amide bonds. The van der Waals surface area contributed by atoms with Crippen LogP contribution in [0.4, 0.5) is 0 Å². The van der Waals surface area contributed by atoms with Crippen LogP contribution in [0.15, 0.2) is 28.3 Å². The zero-order chi connectivity index (χ0) is 22.0. The average Bonchev–Trinajstić information content (AvgIpc) is 3.26. The number of aromatic nitrogens is 4. The van der Waals surface area contributed by atoms with Gasteiger partial charge in [-0.2, -0.15) is 4.31 Å². The average molecular weight is 469 g/mol. The Labute approximate surface area is 184 Å². The van der Waals surface area contributed by atoms with Gasteiger partial charge in [0.2, 0.25) is 21.1 Å². The van der Waals surface area contributed by atoms with E-state index in [0.717, 1.165) is 0 Å². The maximum absolute atomic E-state index is 13.0. The first-order valence-electron chi connectivity index (χ1n) is 9.94. The number of rotatable bonds is 6. The Morgan fingerprint density at radius 2 is 1.84 bits per heavy atom. The van der Waals surface area contributed by atoms with Gasteiger partial charge in [-0.15, -0.1) is 5.10 Å². The molecular weight excluding hydrogens is 444 g/mol. The maximum atomic E-state index is 13.0. The minimum absolute atomic E-state index is 0.0697. The van der Waals surface area contributed by atoms with Crippen molar-refractivity contribution in [1.82, 2.24) is 29.4 Å². The van der Waals surface area contributed by atoms with Crippen LogP contribution < -0.4 is 9.47 Å². The van der Waals surface area contributed by atoms with Crippen molar-refractivity contribution in [1.29, 1.82) is 0 Å².